The highest BCUT2D eigenvalue weighted by atomic mass is 19.1. The molecule has 0 radical (unpaired) electrons. The molecule has 1 aromatic heterocycles. The third kappa shape index (κ3) is 5.20. The quantitative estimate of drug-likeness (QED) is 0.360. The fourth-order valence-corrected chi connectivity index (χ4v) is 5.26. The molecule has 8 bridgehead atoms. The topological polar surface area (TPSA) is 103 Å². The molecule has 3 aliphatic rings. The first-order chi connectivity index (χ1) is 19.9. The molecule has 0 fully saturated rings. The molecule has 41 heavy (non-hydrogen) atoms. The molecule has 3 aromatic carbocycles. The van der Waals surface area contributed by atoms with Crippen molar-refractivity contribution in [1.82, 2.24) is 15.4 Å². The van der Waals surface area contributed by atoms with E-state index >= 15 is 0 Å². The zero-order chi connectivity index (χ0) is 28.5. The van der Waals surface area contributed by atoms with Crippen LogP contribution in [0.15, 0.2) is 65.2 Å². The number of aryl methyl sites for hydroxylation is 1. The van der Waals surface area contributed by atoms with Gasteiger partial charge in [-0.3, -0.25) is 9.59 Å². The molecule has 10 heteroatoms. The molecule has 7 rings (SSSR count). The van der Waals surface area contributed by atoms with E-state index in [-0.39, 0.29) is 30.4 Å². The summed E-state index contributed by atoms with van der Waals surface area (Å²) in [6.45, 7) is 2.74. The first-order valence-corrected chi connectivity index (χ1v) is 13.3. The molecule has 9 nitrogen and oxygen atoms in total. The van der Waals surface area contributed by atoms with Crippen molar-refractivity contribution in [3.05, 3.63) is 100 Å². The van der Waals surface area contributed by atoms with Gasteiger partial charge in [-0.2, -0.15) is 0 Å². The van der Waals surface area contributed by atoms with Gasteiger partial charge in [-0.05, 0) is 78.9 Å². The van der Waals surface area contributed by atoms with E-state index in [0.717, 1.165) is 16.7 Å². The molecule has 0 saturated carbocycles. The summed E-state index contributed by atoms with van der Waals surface area (Å²) >= 11 is 0. The minimum Gasteiger partial charge on any atom is -0.493 e. The first-order valence-electron chi connectivity index (χ1n) is 13.3. The van der Waals surface area contributed by atoms with Crippen LogP contribution in [0, 0.1) is 12.7 Å². The van der Waals surface area contributed by atoms with Crippen molar-refractivity contribution in [2.75, 3.05) is 26.8 Å². The van der Waals surface area contributed by atoms with E-state index in [1.165, 1.54) is 18.2 Å². The third-order valence-corrected chi connectivity index (χ3v) is 7.23. The number of amides is 2. The van der Waals surface area contributed by atoms with Gasteiger partial charge in [-0.15, -0.1) is 0 Å². The van der Waals surface area contributed by atoms with Gasteiger partial charge in [0.05, 0.1) is 31.0 Å². The lowest BCUT2D eigenvalue weighted by molar-refractivity contribution is 0.0651. The molecular weight excluding hydrogens is 529 g/mol. The average molecular weight is 558 g/mol. The number of benzene rings is 3. The Hall–Kier alpha value is -4.86. The Labute approximate surface area is 235 Å². The maximum atomic E-state index is 14.5. The molecule has 4 heterocycles. The monoisotopic (exact) mass is 557 g/mol. The van der Waals surface area contributed by atoms with Gasteiger partial charge in [0.1, 0.15) is 17.3 Å². The fraction of sp³-hybridized carbons (Fsp3) is 0.258. The van der Waals surface area contributed by atoms with Crippen molar-refractivity contribution in [2.45, 2.75) is 25.8 Å². The fourth-order valence-electron chi connectivity index (χ4n) is 5.26. The molecule has 1 unspecified atom stereocenters. The molecule has 0 aliphatic carbocycles. The number of nitrogens with zero attached hydrogens (tertiary/aromatic N) is 2. The van der Waals surface area contributed by atoms with E-state index in [0.29, 0.717) is 48.1 Å². The smallest absolute Gasteiger partial charge is 0.293 e. The summed E-state index contributed by atoms with van der Waals surface area (Å²) in [5.41, 5.74) is 3.26. The summed E-state index contributed by atoms with van der Waals surface area (Å²) in [5, 5.41) is 6.63. The molecule has 2 amide bonds. The van der Waals surface area contributed by atoms with Crippen LogP contribution in [0.1, 0.15) is 55.8 Å². The van der Waals surface area contributed by atoms with Crippen LogP contribution in [-0.4, -0.2) is 48.7 Å². The Bertz CT molecular complexity index is 1630. The molecule has 210 valence electrons. The Balaban J connectivity index is 1.46. The van der Waals surface area contributed by atoms with Crippen molar-refractivity contribution >= 4 is 11.8 Å². The van der Waals surface area contributed by atoms with Gasteiger partial charge < -0.3 is 29.0 Å². The molecule has 0 saturated heterocycles. The standard InChI is InChI=1S/C31H28FN3O6/c1-18-14-28(41-34-18)31(37)35-12-10-19-15-21-5-7-23(19)29(35)20-4-9-26(38-2)27(16-20)39-13-3-11-33-30(36)24-17-22(40-21)6-8-25(24)32/h4-9,14-17,29H,3,10-13H2,1-2H3,(H,33,36). The maximum absolute atomic E-state index is 14.5. The van der Waals surface area contributed by atoms with Crippen LogP contribution in [0.4, 0.5) is 4.39 Å². The van der Waals surface area contributed by atoms with Gasteiger partial charge in [0.25, 0.3) is 11.8 Å². The highest BCUT2D eigenvalue weighted by Crippen LogP contribution is 2.41. The van der Waals surface area contributed by atoms with E-state index in [1.54, 1.807) is 31.1 Å². The third-order valence-electron chi connectivity index (χ3n) is 7.23. The average Bonchev–Trinajstić information content (AvgIpc) is 3.42. The predicted octanol–water partition coefficient (Wildman–Crippen LogP) is 5.22. The van der Waals surface area contributed by atoms with Gasteiger partial charge in [0, 0.05) is 19.2 Å². The van der Waals surface area contributed by atoms with Crippen LogP contribution in [-0.2, 0) is 6.42 Å². The van der Waals surface area contributed by atoms with Gasteiger partial charge in [-0.1, -0.05) is 17.3 Å². The number of nitrogens with one attached hydrogen (secondary N) is 1. The van der Waals surface area contributed by atoms with E-state index in [9.17, 15) is 14.0 Å². The minimum atomic E-state index is -0.637. The summed E-state index contributed by atoms with van der Waals surface area (Å²) < 4.78 is 37.5. The maximum Gasteiger partial charge on any atom is 0.293 e. The minimum absolute atomic E-state index is 0.103. The van der Waals surface area contributed by atoms with Crippen LogP contribution in [0.5, 0.6) is 23.0 Å². The predicted molar refractivity (Wildman–Crippen MR) is 146 cm³/mol. The Kier molecular flexibility index (Phi) is 7.05. The highest BCUT2D eigenvalue weighted by Gasteiger charge is 2.35. The van der Waals surface area contributed by atoms with Gasteiger partial charge in [-0.25, -0.2) is 4.39 Å². The first kappa shape index (κ1) is 26.4. The summed E-state index contributed by atoms with van der Waals surface area (Å²) in [7, 11) is 1.56. The van der Waals surface area contributed by atoms with E-state index in [4.69, 9.17) is 18.7 Å². The zero-order valence-corrected chi connectivity index (χ0v) is 22.6. The van der Waals surface area contributed by atoms with Crippen molar-refractivity contribution < 1.29 is 32.7 Å². The molecule has 0 spiro atoms. The number of ether oxygens (including phenoxy) is 3. The lowest BCUT2D eigenvalue weighted by Crippen LogP contribution is -2.40. The van der Waals surface area contributed by atoms with Gasteiger partial charge >= 0.3 is 0 Å². The van der Waals surface area contributed by atoms with Crippen molar-refractivity contribution in [3.8, 4) is 23.0 Å². The van der Waals surface area contributed by atoms with Crippen LogP contribution < -0.4 is 19.5 Å². The highest BCUT2D eigenvalue weighted by molar-refractivity contribution is 5.95. The van der Waals surface area contributed by atoms with E-state index < -0.39 is 17.8 Å². The Morgan fingerprint density at radius 3 is 2.73 bits per heavy atom. The molecule has 1 atom stereocenters. The van der Waals surface area contributed by atoms with Crippen LogP contribution >= 0.6 is 0 Å². The summed E-state index contributed by atoms with van der Waals surface area (Å²) in [6.07, 6.45) is 1.04. The SMILES string of the molecule is COc1ccc2cc1OCCCNC(=O)c1cc(ccc1F)Oc1ccc3c(c1)CCN(C(=O)c1cc(C)no1)C23. The molecule has 3 aliphatic heterocycles. The van der Waals surface area contributed by atoms with Crippen molar-refractivity contribution in [3.63, 3.8) is 0 Å². The second kappa shape index (κ2) is 11.0. The van der Waals surface area contributed by atoms with Gasteiger partial charge in [0.2, 0.25) is 5.76 Å². The van der Waals surface area contributed by atoms with Crippen LogP contribution in [0.25, 0.3) is 0 Å². The summed E-state index contributed by atoms with van der Waals surface area (Å²) in [4.78, 5) is 28.1. The molecule has 1 N–H and O–H groups in total. The van der Waals surface area contributed by atoms with Crippen LogP contribution in [0.3, 0.4) is 0 Å². The Morgan fingerprint density at radius 1 is 1.10 bits per heavy atom. The number of carbonyl (C=O) groups excluding carboxylic acids is 2. The number of aromatic nitrogens is 1. The molecular formula is C31H28FN3O6. The summed E-state index contributed by atoms with van der Waals surface area (Å²) in [5.74, 6) is 0.647. The largest absolute Gasteiger partial charge is 0.493 e. The molecule has 4 aromatic rings. The van der Waals surface area contributed by atoms with E-state index in [1.807, 2.05) is 30.3 Å². The zero-order valence-electron chi connectivity index (χ0n) is 22.6. The number of rotatable bonds is 2. The van der Waals surface area contributed by atoms with Crippen molar-refractivity contribution in [2.24, 2.45) is 0 Å². The number of methoxy groups -OCH3 is 1. The number of fused-ring (bicyclic) bond motifs is 6. The summed E-state index contributed by atoms with van der Waals surface area (Å²) in [6, 6.07) is 16.5. The second-order valence-electron chi connectivity index (χ2n) is 9.96. The number of halogens is 1. The number of hydrogen-bond acceptors (Lipinski definition) is 7. The van der Waals surface area contributed by atoms with Crippen LogP contribution in [0.2, 0.25) is 0 Å². The lowest BCUT2D eigenvalue weighted by Gasteiger charge is -2.37. The van der Waals surface area contributed by atoms with E-state index in [2.05, 4.69) is 10.5 Å². The van der Waals surface area contributed by atoms with Gasteiger partial charge in [0.15, 0.2) is 11.5 Å². The Morgan fingerprint density at radius 2 is 1.93 bits per heavy atom. The normalized spacial score (nSPS) is 16.6. The van der Waals surface area contributed by atoms with Crippen molar-refractivity contribution in [1.29, 1.82) is 0 Å². The second-order valence-corrected chi connectivity index (χ2v) is 9.96. The number of hydrogen-bond donors (Lipinski definition) is 1. The lowest BCUT2D eigenvalue weighted by atomic mass is 9.87. The number of carbonyl (C=O) groups is 2.